The molecule has 4 heteroatoms. The standard InChI is InChI=1S/C12H23N3O/c1-14(11-4-2-5-11)10-12(16)15-8-3-6-13-7-9-15/h11,13H,2-10H2,1H3. The van der Waals surface area contributed by atoms with E-state index in [1.165, 1.54) is 19.3 Å². The SMILES string of the molecule is CN(CC(=O)N1CCCNCC1)C1CCC1. The number of carbonyl (C=O) groups is 1. The minimum atomic E-state index is 0.304. The molecule has 92 valence electrons. The van der Waals surface area contributed by atoms with E-state index in [0.717, 1.165) is 32.6 Å². The van der Waals surface area contributed by atoms with Crippen LogP contribution in [-0.2, 0) is 4.79 Å². The predicted molar refractivity (Wildman–Crippen MR) is 64.3 cm³/mol. The summed E-state index contributed by atoms with van der Waals surface area (Å²) in [5.74, 6) is 0.304. The highest BCUT2D eigenvalue weighted by molar-refractivity contribution is 5.78. The van der Waals surface area contributed by atoms with Crippen molar-refractivity contribution < 1.29 is 4.79 Å². The normalized spacial score (nSPS) is 23.0. The van der Waals surface area contributed by atoms with Crippen LogP contribution in [-0.4, -0.2) is 61.5 Å². The first-order chi connectivity index (χ1) is 7.77. The summed E-state index contributed by atoms with van der Waals surface area (Å²) in [5, 5.41) is 3.32. The first kappa shape index (κ1) is 11.9. The Kier molecular flexibility index (Phi) is 4.18. The minimum Gasteiger partial charge on any atom is -0.340 e. The molecule has 0 radical (unpaired) electrons. The number of amides is 1. The van der Waals surface area contributed by atoms with Crippen LogP contribution in [0.1, 0.15) is 25.7 Å². The lowest BCUT2D eigenvalue weighted by atomic mass is 9.92. The molecule has 1 amide bonds. The van der Waals surface area contributed by atoms with E-state index in [9.17, 15) is 4.79 Å². The molecule has 0 aromatic rings. The summed E-state index contributed by atoms with van der Waals surface area (Å²) < 4.78 is 0. The van der Waals surface area contributed by atoms with E-state index >= 15 is 0 Å². The smallest absolute Gasteiger partial charge is 0.236 e. The fraction of sp³-hybridized carbons (Fsp3) is 0.917. The highest BCUT2D eigenvalue weighted by Crippen LogP contribution is 2.23. The van der Waals surface area contributed by atoms with Crippen molar-refractivity contribution in [3.63, 3.8) is 0 Å². The Bertz CT molecular complexity index is 232. The molecule has 1 N–H and O–H groups in total. The van der Waals surface area contributed by atoms with Gasteiger partial charge in [-0.15, -0.1) is 0 Å². The molecule has 16 heavy (non-hydrogen) atoms. The molecule has 1 aliphatic carbocycles. The third-order valence-electron chi connectivity index (χ3n) is 3.78. The molecular weight excluding hydrogens is 202 g/mol. The van der Waals surface area contributed by atoms with Crippen LogP contribution < -0.4 is 5.32 Å². The van der Waals surface area contributed by atoms with Gasteiger partial charge >= 0.3 is 0 Å². The zero-order chi connectivity index (χ0) is 11.4. The summed E-state index contributed by atoms with van der Waals surface area (Å²) in [7, 11) is 2.08. The zero-order valence-electron chi connectivity index (χ0n) is 10.2. The summed E-state index contributed by atoms with van der Waals surface area (Å²) in [6.45, 7) is 4.38. The second kappa shape index (κ2) is 5.64. The summed E-state index contributed by atoms with van der Waals surface area (Å²) in [6.07, 6.45) is 4.95. The van der Waals surface area contributed by atoms with Gasteiger partial charge in [-0.25, -0.2) is 0 Å². The van der Waals surface area contributed by atoms with Crippen LogP contribution >= 0.6 is 0 Å². The van der Waals surface area contributed by atoms with Gasteiger partial charge in [-0.3, -0.25) is 9.69 Å². The van der Waals surface area contributed by atoms with Crippen molar-refractivity contribution in [2.45, 2.75) is 31.7 Å². The summed E-state index contributed by atoms with van der Waals surface area (Å²) in [6, 6.07) is 0.661. The van der Waals surface area contributed by atoms with Crippen molar-refractivity contribution in [3.8, 4) is 0 Å². The number of hydrogen-bond acceptors (Lipinski definition) is 3. The van der Waals surface area contributed by atoms with Gasteiger partial charge in [-0.1, -0.05) is 6.42 Å². The van der Waals surface area contributed by atoms with Gasteiger partial charge in [-0.05, 0) is 32.9 Å². The summed E-state index contributed by atoms with van der Waals surface area (Å²) in [4.78, 5) is 16.3. The first-order valence-corrected chi connectivity index (χ1v) is 6.46. The molecule has 1 aliphatic heterocycles. The van der Waals surface area contributed by atoms with E-state index in [1.54, 1.807) is 0 Å². The molecular formula is C12H23N3O. The van der Waals surface area contributed by atoms with Crippen LogP contribution in [0, 0.1) is 0 Å². The van der Waals surface area contributed by atoms with Gasteiger partial charge < -0.3 is 10.2 Å². The maximum Gasteiger partial charge on any atom is 0.236 e. The maximum atomic E-state index is 12.1. The van der Waals surface area contributed by atoms with E-state index in [4.69, 9.17) is 0 Å². The summed E-state index contributed by atoms with van der Waals surface area (Å²) in [5.41, 5.74) is 0. The van der Waals surface area contributed by atoms with Crippen LogP contribution in [0.4, 0.5) is 0 Å². The van der Waals surface area contributed by atoms with Crippen molar-refractivity contribution in [1.29, 1.82) is 0 Å². The molecule has 0 atom stereocenters. The fourth-order valence-corrected chi connectivity index (χ4v) is 2.37. The maximum absolute atomic E-state index is 12.1. The Labute approximate surface area is 98.0 Å². The van der Waals surface area contributed by atoms with Gasteiger partial charge in [0, 0.05) is 25.7 Å². The lowest BCUT2D eigenvalue weighted by Crippen LogP contribution is -2.45. The largest absolute Gasteiger partial charge is 0.340 e. The molecule has 2 aliphatic rings. The number of nitrogens with zero attached hydrogens (tertiary/aromatic N) is 2. The Hall–Kier alpha value is -0.610. The molecule has 0 unspecified atom stereocenters. The lowest BCUT2D eigenvalue weighted by molar-refractivity contribution is -0.132. The van der Waals surface area contributed by atoms with Crippen LogP contribution in [0.15, 0.2) is 0 Å². The van der Waals surface area contributed by atoms with Crippen LogP contribution in [0.2, 0.25) is 0 Å². The number of hydrogen-bond donors (Lipinski definition) is 1. The van der Waals surface area contributed by atoms with Crippen molar-refractivity contribution in [2.75, 3.05) is 39.8 Å². The minimum absolute atomic E-state index is 0.304. The monoisotopic (exact) mass is 225 g/mol. The molecule has 0 spiro atoms. The molecule has 1 saturated carbocycles. The van der Waals surface area contributed by atoms with Crippen molar-refractivity contribution in [2.24, 2.45) is 0 Å². The molecule has 0 bridgehead atoms. The summed E-state index contributed by atoms with van der Waals surface area (Å²) >= 11 is 0. The Morgan fingerprint density at radius 2 is 2.12 bits per heavy atom. The van der Waals surface area contributed by atoms with E-state index in [0.29, 0.717) is 18.5 Å². The highest BCUT2D eigenvalue weighted by Gasteiger charge is 2.25. The molecule has 2 rings (SSSR count). The quantitative estimate of drug-likeness (QED) is 0.750. The van der Waals surface area contributed by atoms with E-state index in [2.05, 4.69) is 17.3 Å². The van der Waals surface area contributed by atoms with Crippen LogP contribution in [0.5, 0.6) is 0 Å². The Morgan fingerprint density at radius 3 is 2.81 bits per heavy atom. The second-order valence-electron chi connectivity index (χ2n) is 4.98. The van der Waals surface area contributed by atoms with E-state index < -0.39 is 0 Å². The van der Waals surface area contributed by atoms with E-state index in [-0.39, 0.29) is 0 Å². The highest BCUT2D eigenvalue weighted by atomic mass is 16.2. The van der Waals surface area contributed by atoms with Gasteiger partial charge in [0.05, 0.1) is 6.54 Å². The van der Waals surface area contributed by atoms with Gasteiger partial charge in [-0.2, -0.15) is 0 Å². The lowest BCUT2D eigenvalue weighted by Gasteiger charge is -2.35. The van der Waals surface area contributed by atoms with Crippen molar-refractivity contribution in [3.05, 3.63) is 0 Å². The van der Waals surface area contributed by atoms with Crippen molar-refractivity contribution >= 4 is 5.91 Å². The molecule has 4 nitrogen and oxygen atoms in total. The molecule has 1 heterocycles. The topological polar surface area (TPSA) is 35.6 Å². The fourth-order valence-electron chi connectivity index (χ4n) is 2.37. The Morgan fingerprint density at radius 1 is 1.31 bits per heavy atom. The number of carbonyl (C=O) groups excluding carboxylic acids is 1. The predicted octanol–water partition coefficient (Wildman–Crippen LogP) is 0.293. The average Bonchev–Trinajstić information content (AvgIpc) is 2.42. The number of likely N-dealkylation sites (N-methyl/N-ethyl adjacent to an activating group) is 1. The molecule has 0 aromatic heterocycles. The molecule has 0 aromatic carbocycles. The van der Waals surface area contributed by atoms with Gasteiger partial charge in [0.1, 0.15) is 0 Å². The average molecular weight is 225 g/mol. The van der Waals surface area contributed by atoms with Crippen LogP contribution in [0.25, 0.3) is 0 Å². The molecule has 1 saturated heterocycles. The number of rotatable bonds is 3. The second-order valence-corrected chi connectivity index (χ2v) is 4.98. The van der Waals surface area contributed by atoms with Crippen molar-refractivity contribution in [1.82, 2.24) is 15.1 Å². The van der Waals surface area contributed by atoms with Gasteiger partial charge in [0.2, 0.25) is 5.91 Å². The van der Waals surface area contributed by atoms with Gasteiger partial charge in [0.15, 0.2) is 0 Å². The number of nitrogens with one attached hydrogen (secondary N) is 1. The van der Waals surface area contributed by atoms with Gasteiger partial charge in [0.25, 0.3) is 0 Å². The zero-order valence-corrected chi connectivity index (χ0v) is 10.2. The third-order valence-corrected chi connectivity index (χ3v) is 3.78. The third kappa shape index (κ3) is 2.95. The first-order valence-electron chi connectivity index (χ1n) is 6.46. The Balaban J connectivity index is 1.76. The van der Waals surface area contributed by atoms with Crippen LogP contribution in [0.3, 0.4) is 0 Å². The van der Waals surface area contributed by atoms with E-state index in [1.807, 2.05) is 4.90 Å². The molecule has 2 fully saturated rings.